The lowest BCUT2D eigenvalue weighted by Gasteiger charge is -2.15. The molecule has 0 radical (unpaired) electrons. The molecule has 0 bridgehead atoms. The van der Waals surface area contributed by atoms with Crippen molar-refractivity contribution in [2.24, 2.45) is 0 Å². The average molecular weight is 231 g/mol. The second-order valence-corrected chi connectivity index (χ2v) is 2.28. The number of hydroxylamine groups is 2. The minimum absolute atomic E-state index is 0.330. The number of urea groups is 2. The van der Waals surface area contributed by atoms with Crippen LogP contribution in [0.4, 0.5) is 15.6 Å². The maximum absolute atomic E-state index is 11.4. The number of nitrogens with one attached hydrogen (secondary N) is 2. The van der Waals surface area contributed by atoms with Crippen LogP contribution in [-0.2, 0) is 9.68 Å². The van der Waals surface area contributed by atoms with E-state index >= 15 is 0 Å². The Bertz CT molecular complexity index is 334. The summed E-state index contributed by atoms with van der Waals surface area (Å²) in [4.78, 5) is 32.0. The van der Waals surface area contributed by atoms with Gasteiger partial charge >= 0.3 is 18.1 Å². The van der Waals surface area contributed by atoms with Gasteiger partial charge in [0.1, 0.15) is 0 Å². The molecule has 0 aromatic carbocycles. The lowest BCUT2D eigenvalue weighted by Crippen LogP contribution is -2.48. The third-order valence-corrected chi connectivity index (χ3v) is 1.32. The Hall–Kier alpha value is -2.20. The number of aromatic nitrogens is 2. The van der Waals surface area contributed by atoms with Gasteiger partial charge in [0.15, 0.2) is 0 Å². The molecule has 2 N–H and O–H groups in total. The van der Waals surface area contributed by atoms with E-state index in [4.69, 9.17) is 4.42 Å². The van der Waals surface area contributed by atoms with E-state index in [9.17, 15) is 9.59 Å². The molecule has 4 amide bonds. The van der Waals surface area contributed by atoms with Gasteiger partial charge in [-0.1, -0.05) is 5.10 Å². The topological polar surface area (TPSA) is 119 Å². The molecule has 0 aliphatic heterocycles. The zero-order valence-electron chi connectivity index (χ0n) is 8.46. The lowest BCUT2D eigenvalue weighted by molar-refractivity contribution is 0.100. The number of carbonyl (C=O) groups excluding carboxylic acids is 2. The Balaban J connectivity index is 2.85. The second kappa shape index (κ2) is 5.63. The van der Waals surface area contributed by atoms with Crippen molar-refractivity contribution in [1.29, 1.82) is 0 Å². The van der Waals surface area contributed by atoms with Crippen LogP contribution in [0.25, 0.3) is 0 Å². The first-order valence-electron chi connectivity index (χ1n) is 3.93. The zero-order chi connectivity index (χ0) is 12.0. The summed E-state index contributed by atoms with van der Waals surface area (Å²) in [5.74, 6) is 0. The van der Waals surface area contributed by atoms with Crippen molar-refractivity contribution in [2.75, 3.05) is 19.1 Å². The van der Waals surface area contributed by atoms with Gasteiger partial charge in [0, 0.05) is 0 Å². The SMILES string of the molecule is CONC(=O)N(C(=O)NOC)c1nnco1. The summed E-state index contributed by atoms with van der Waals surface area (Å²) >= 11 is 0. The first kappa shape index (κ1) is 11.9. The number of hydrogen-bond acceptors (Lipinski definition) is 7. The molecule has 0 saturated heterocycles. The predicted molar refractivity (Wildman–Crippen MR) is 47.9 cm³/mol. The van der Waals surface area contributed by atoms with Crippen LogP contribution in [0.2, 0.25) is 0 Å². The molecule has 0 aliphatic carbocycles. The van der Waals surface area contributed by atoms with E-state index in [0.717, 1.165) is 6.39 Å². The Morgan fingerprint density at radius 2 is 1.88 bits per heavy atom. The second-order valence-electron chi connectivity index (χ2n) is 2.28. The number of amides is 4. The van der Waals surface area contributed by atoms with Gasteiger partial charge in [0.25, 0.3) is 0 Å². The van der Waals surface area contributed by atoms with Crippen molar-refractivity contribution in [2.45, 2.75) is 0 Å². The van der Waals surface area contributed by atoms with Gasteiger partial charge < -0.3 is 4.42 Å². The molecule has 1 aromatic heterocycles. The van der Waals surface area contributed by atoms with Crippen LogP contribution >= 0.6 is 0 Å². The van der Waals surface area contributed by atoms with E-state index in [-0.39, 0.29) is 6.01 Å². The van der Waals surface area contributed by atoms with Gasteiger partial charge in [-0.2, -0.15) is 4.90 Å². The van der Waals surface area contributed by atoms with Gasteiger partial charge in [-0.25, -0.2) is 20.5 Å². The molecule has 0 unspecified atom stereocenters. The minimum atomic E-state index is -0.915. The number of hydrogen-bond donors (Lipinski definition) is 2. The van der Waals surface area contributed by atoms with E-state index < -0.39 is 12.1 Å². The molecule has 1 aromatic rings. The van der Waals surface area contributed by atoms with Crippen molar-refractivity contribution < 1.29 is 23.7 Å². The van der Waals surface area contributed by atoms with Gasteiger partial charge in [0.2, 0.25) is 6.39 Å². The standard InChI is InChI=1S/C6H9N5O5/c1-14-9-4(12)11(5(13)10-15-2)6-8-7-3-16-6/h3H,1-2H3,(H,9,12)(H,10,13). The highest BCUT2D eigenvalue weighted by molar-refractivity contribution is 6.11. The monoisotopic (exact) mass is 231 g/mol. The van der Waals surface area contributed by atoms with Crippen LogP contribution < -0.4 is 15.9 Å². The summed E-state index contributed by atoms with van der Waals surface area (Å²) in [5.41, 5.74) is 3.83. The summed E-state index contributed by atoms with van der Waals surface area (Å²) in [6, 6.07) is -2.16. The fourth-order valence-electron chi connectivity index (χ4n) is 0.797. The van der Waals surface area contributed by atoms with Crippen molar-refractivity contribution in [3.8, 4) is 0 Å². The van der Waals surface area contributed by atoms with Gasteiger partial charge in [-0.05, 0) is 0 Å². The molecule has 16 heavy (non-hydrogen) atoms. The molecular weight excluding hydrogens is 222 g/mol. The Morgan fingerprint density at radius 1 is 1.31 bits per heavy atom. The van der Waals surface area contributed by atoms with Crippen LogP contribution in [0.5, 0.6) is 0 Å². The predicted octanol–water partition coefficient (Wildman–Crippen LogP) is -0.582. The van der Waals surface area contributed by atoms with E-state index in [1.807, 2.05) is 11.0 Å². The Morgan fingerprint density at radius 3 is 2.25 bits per heavy atom. The van der Waals surface area contributed by atoms with E-state index in [0.29, 0.717) is 4.90 Å². The maximum Gasteiger partial charge on any atom is 0.357 e. The summed E-state index contributed by atoms with van der Waals surface area (Å²) in [7, 11) is 2.41. The minimum Gasteiger partial charge on any atom is -0.410 e. The molecule has 1 heterocycles. The molecule has 0 atom stereocenters. The quantitative estimate of drug-likeness (QED) is 0.667. The highest BCUT2D eigenvalue weighted by atomic mass is 16.7. The first-order chi connectivity index (χ1) is 7.70. The Kier molecular flexibility index (Phi) is 4.17. The zero-order valence-corrected chi connectivity index (χ0v) is 8.46. The molecule has 0 spiro atoms. The summed E-state index contributed by atoms with van der Waals surface area (Å²) in [6.07, 6.45) is 0.961. The number of imide groups is 1. The summed E-state index contributed by atoms with van der Waals surface area (Å²) < 4.78 is 4.70. The highest BCUT2D eigenvalue weighted by Gasteiger charge is 2.28. The van der Waals surface area contributed by atoms with Gasteiger partial charge in [0.05, 0.1) is 14.2 Å². The van der Waals surface area contributed by atoms with Crippen LogP contribution in [0, 0.1) is 0 Å². The van der Waals surface area contributed by atoms with E-state index in [2.05, 4.69) is 19.9 Å². The molecule has 1 rings (SSSR count). The normalized spacial score (nSPS) is 9.62. The first-order valence-corrected chi connectivity index (χ1v) is 3.93. The molecule has 10 nitrogen and oxygen atoms in total. The molecule has 0 fully saturated rings. The highest BCUT2D eigenvalue weighted by Crippen LogP contribution is 2.08. The smallest absolute Gasteiger partial charge is 0.357 e. The van der Waals surface area contributed by atoms with Gasteiger partial charge in [-0.3, -0.25) is 9.68 Å². The van der Waals surface area contributed by atoms with Crippen LogP contribution in [0.3, 0.4) is 0 Å². The molecule has 0 aliphatic rings. The van der Waals surface area contributed by atoms with E-state index in [1.54, 1.807) is 0 Å². The fourth-order valence-corrected chi connectivity index (χ4v) is 0.797. The van der Waals surface area contributed by atoms with Crippen molar-refractivity contribution >= 4 is 18.1 Å². The third-order valence-electron chi connectivity index (χ3n) is 1.32. The van der Waals surface area contributed by atoms with Crippen LogP contribution in [0.1, 0.15) is 0 Å². The number of carbonyl (C=O) groups is 2. The van der Waals surface area contributed by atoms with Crippen molar-refractivity contribution in [3.05, 3.63) is 6.39 Å². The van der Waals surface area contributed by atoms with Crippen LogP contribution in [0.15, 0.2) is 10.8 Å². The third kappa shape index (κ3) is 2.65. The number of nitrogens with zero attached hydrogens (tertiary/aromatic N) is 3. The summed E-state index contributed by atoms with van der Waals surface area (Å²) in [5, 5.41) is 6.73. The van der Waals surface area contributed by atoms with E-state index in [1.165, 1.54) is 14.2 Å². The van der Waals surface area contributed by atoms with Crippen molar-refractivity contribution in [3.63, 3.8) is 0 Å². The molecular formula is C6H9N5O5. The lowest BCUT2D eigenvalue weighted by atomic mass is 10.7. The maximum atomic E-state index is 11.4. The number of rotatable bonds is 3. The largest absolute Gasteiger partial charge is 0.410 e. The average Bonchev–Trinajstić information content (AvgIpc) is 2.72. The Labute approximate surface area is 89.4 Å². The molecule has 0 saturated carbocycles. The number of anilines is 1. The van der Waals surface area contributed by atoms with Crippen LogP contribution in [-0.4, -0.2) is 36.5 Å². The molecule has 10 heteroatoms. The summed E-state index contributed by atoms with van der Waals surface area (Å²) in [6.45, 7) is 0. The van der Waals surface area contributed by atoms with Gasteiger partial charge in [-0.15, -0.1) is 5.10 Å². The van der Waals surface area contributed by atoms with Crippen molar-refractivity contribution in [1.82, 2.24) is 21.2 Å². The molecule has 88 valence electrons. The fraction of sp³-hybridized carbons (Fsp3) is 0.333.